The second-order valence-corrected chi connectivity index (χ2v) is 6.85. The molecule has 0 unspecified atom stereocenters. The van der Waals surface area contributed by atoms with Gasteiger partial charge in [-0.25, -0.2) is 4.68 Å². The Morgan fingerprint density at radius 2 is 2.22 bits per heavy atom. The first kappa shape index (κ1) is 17.8. The summed E-state index contributed by atoms with van der Waals surface area (Å²) in [6.07, 6.45) is 3.52. The first-order chi connectivity index (χ1) is 10.9. The Kier molecular flexibility index (Phi) is 6.04. The lowest BCUT2D eigenvalue weighted by Gasteiger charge is -2.40. The molecule has 0 aromatic carbocycles. The molecule has 23 heavy (non-hydrogen) atoms. The van der Waals surface area contributed by atoms with Crippen LogP contribution in [0.25, 0.3) is 0 Å². The second-order valence-electron chi connectivity index (χ2n) is 6.85. The Morgan fingerprint density at radius 1 is 1.48 bits per heavy atom. The number of ether oxygens (including phenoxy) is 1. The number of hydrogen-bond donors (Lipinski definition) is 1. The number of anilines is 1. The third kappa shape index (κ3) is 4.70. The SMILES string of the molecule is CCCC[C@@H]1CN(C(=O)Cn2nc(C)cc2N)C[C@H](C(C)C)O1. The molecule has 6 heteroatoms. The van der Waals surface area contributed by atoms with Crippen LogP contribution in [0.3, 0.4) is 0 Å². The number of morpholine rings is 1. The number of rotatable bonds is 6. The van der Waals surface area contributed by atoms with E-state index in [1.165, 1.54) is 0 Å². The largest absolute Gasteiger partial charge is 0.384 e. The maximum absolute atomic E-state index is 12.7. The highest BCUT2D eigenvalue weighted by molar-refractivity contribution is 5.76. The second kappa shape index (κ2) is 7.81. The van der Waals surface area contributed by atoms with Crippen molar-refractivity contribution in [1.82, 2.24) is 14.7 Å². The molecule has 2 atom stereocenters. The topological polar surface area (TPSA) is 73.4 Å². The number of nitrogens with zero attached hydrogens (tertiary/aromatic N) is 3. The number of nitrogens with two attached hydrogens (primary N) is 1. The lowest BCUT2D eigenvalue weighted by molar-refractivity contribution is -0.150. The molecule has 2 rings (SSSR count). The van der Waals surface area contributed by atoms with Crippen molar-refractivity contribution < 1.29 is 9.53 Å². The highest BCUT2D eigenvalue weighted by Crippen LogP contribution is 2.21. The molecule has 0 saturated carbocycles. The summed E-state index contributed by atoms with van der Waals surface area (Å²) in [5, 5.41) is 4.28. The van der Waals surface area contributed by atoms with Crippen LogP contribution in [0.15, 0.2) is 6.07 Å². The summed E-state index contributed by atoms with van der Waals surface area (Å²) in [5.74, 6) is 0.994. The van der Waals surface area contributed by atoms with Crippen LogP contribution in [0.2, 0.25) is 0 Å². The van der Waals surface area contributed by atoms with Gasteiger partial charge in [0.15, 0.2) is 0 Å². The summed E-state index contributed by atoms with van der Waals surface area (Å²) in [6, 6.07) is 1.79. The van der Waals surface area contributed by atoms with Gasteiger partial charge in [0.1, 0.15) is 12.4 Å². The van der Waals surface area contributed by atoms with Gasteiger partial charge in [0, 0.05) is 19.2 Å². The van der Waals surface area contributed by atoms with E-state index in [1.54, 1.807) is 10.7 Å². The van der Waals surface area contributed by atoms with Crippen LogP contribution in [0.1, 0.15) is 45.7 Å². The van der Waals surface area contributed by atoms with E-state index in [0.717, 1.165) is 25.0 Å². The van der Waals surface area contributed by atoms with Crippen molar-refractivity contribution in [3.63, 3.8) is 0 Å². The van der Waals surface area contributed by atoms with Gasteiger partial charge >= 0.3 is 0 Å². The van der Waals surface area contributed by atoms with Gasteiger partial charge < -0.3 is 15.4 Å². The molecule has 1 amide bonds. The number of carbonyl (C=O) groups excluding carboxylic acids is 1. The van der Waals surface area contributed by atoms with E-state index in [1.807, 2.05) is 11.8 Å². The van der Waals surface area contributed by atoms with Gasteiger partial charge in [0.2, 0.25) is 5.91 Å². The fourth-order valence-electron chi connectivity index (χ4n) is 2.95. The summed E-state index contributed by atoms with van der Waals surface area (Å²) >= 11 is 0. The molecule has 6 nitrogen and oxygen atoms in total. The van der Waals surface area contributed by atoms with Gasteiger partial charge in [-0.05, 0) is 19.3 Å². The van der Waals surface area contributed by atoms with Gasteiger partial charge in [0.05, 0.1) is 17.9 Å². The third-order valence-electron chi connectivity index (χ3n) is 4.39. The number of aryl methyl sites for hydroxylation is 1. The fourth-order valence-corrected chi connectivity index (χ4v) is 2.95. The molecule has 0 radical (unpaired) electrons. The molecular formula is C17H30N4O2. The van der Waals surface area contributed by atoms with Crippen molar-refractivity contribution >= 4 is 11.7 Å². The zero-order chi connectivity index (χ0) is 17.0. The molecule has 1 aromatic rings. The molecule has 130 valence electrons. The van der Waals surface area contributed by atoms with E-state index in [9.17, 15) is 4.79 Å². The zero-order valence-corrected chi connectivity index (χ0v) is 14.8. The van der Waals surface area contributed by atoms with Gasteiger partial charge in [-0.1, -0.05) is 33.6 Å². The average molecular weight is 322 g/mol. The molecule has 1 saturated heterocycles. The van der Waals surface area contributed by atoms with Crippen LogP contribution in [-0.2, 0) is 16.1 Å². The van der Waals surface area contributed by atoms with E-state index in [2.05, 4.69) is 25.9 Å². The van der Waals surface area contributed by atoms with Crippen molar-refractivity contribution in [3.05, 3.63) is 11.8 Å². The molecule has 2 N–H and O–H groups in total. The van der Waals surface area contributed by atoms with Crippen LogP contribution in [-0.4, -0.2) is 45.9 Å². The van der Waals surface area contributed by atoms with E-state index in [0.29, 0.717) is 24.8 Å². The highest BCUT2D eigenvalue weighted by Gasteiger charge is 2.32. The minimum absolute atomic E-state index is 0.0650. The molecule has 2 heterocycles. The van der Waals surface area contributed by atoms with Crippen molar-refractivity contribution in [2.75, 3.05) is 18.8 Å². The van der Waals surface area contributed by atoms with Crippen molar-refractivity contribution in [2.45, 2.75) is 65.7 Å². The molecule has 1 fully saturated rings. The molecular weight excluding hydrogens is 292 g/mol. The molecule has 1 aromatic heterocycles. The summed E-state index contributed by atoms with van der Waals surface area (Å²) in [4.78, 5) is 14.6. The van der Waals surface area contributed by atoms with Gasteiger partial charge in [-0.2, -0.15) is 5.10 Å². The Balaban J connectivity index is 2.03. The van der Waals surface area contributed by atoms with Crippen LogP contribution in [0.4, 0.5) is 5.82 Å². The normalized spacial score (nSPS) is 21.9. The molecule has 1 aliphatic heterocycles. The summed E-state index contributed by atoms with van der Waals surface area (Å²) < 4.78 is 7.75. The minimum Gasteiger partial charge on any atom is -0.384 e. The van der Waals surface area contributed by atoms with Crippen LogP contribution in [0.5, 0.6) is 0 Å². The number of nitrogen functional groups attached to an aromatic ring is 1. The number of unbranched alkanes of at least 4 members (excludes halogenated alkanes) is 1. The van der Waals surface area contributed by atoms with Crippen LogP contribution >= 0.6 is 0 Å². The van der Waals surface area contributed by atoms with E-state index >= 15 is 0 Å². The number of amides is 1. The maximum Gasteiger partial charge on any atom is 0.244 e. The van der Waals surface area contributed by atoms with E-state index in [-0.39, 0.29) is 24.7 Å². The highest BCUT2D eigenvalue weighted by atomic mass is 16.5. The molecule has 0 bridgehead atoms. The quantitative estimate of drug-likeness (QED) is 0.871. The smallest absolute Gasteiger partial charge is 0.244 e. The molecule has 1 aliphatic rings. The van der Waals surface area contributed by atoms with Crippen LogP contribution < -0.4 is 5.73 Å². The number of aromatic nitrogens is 2. The first-order valence-electron chi connectivity index (χ1n) is 8.63. The van der Waals surface area contributed by atoms with Crippen molar-refractivity contribution in [2.24, 2.45) is 5.92 Å². The Labute approximate surface area is 139 Å². The number of carbonyl (C=O) groups is 1. The van der Waals surface area contributed by atoms with Gasteiger partial charge in [-0.15, -0.1) is 0 Å². The monoisotopic (exact) mass is 322 g/mol. The predicted molar refractivity (Wildman–Crippen MR) is 91.0 cm³/mol. The number of hydrogen-bond acceptors (Lipinski definition) is 4. The van der Waals surface area contributed by atoms with Crippen molar-refractivity contribution in [3.8, 4) is 0 Å². The first-order valence-corrected chi connectivity index (χ1v) is 8.63. The lowest BCUT2D eigenvalue weighted by atomic mass is 10.0. The third-order valence-corrected chi connectivity index (χ3v) is 4.39. The summed E-state index contributed by atoms with van der Waals surface area (Å²) in [6.45, 7) is 9.86. The maximum atomic E-state index is 12.7. The van der Waals surface area contributed by atoms with Crippen molar-refractivity contribution in [1.29, 1.82) is 0 Å². The minimum atomic E-state index is 0.0650. The Hall–Kier alpha value is -1.56. The van der Waals surface area contributed by atoms with E-state index in [4.69, 9.17) is 10.5 Å². The summed E-state index contributed by atoms with van der Waals surface area (Å²) in [5.41, 5.74) is 6.72. The zero-order valence-electron chi connectivity index (χ0n) is 14.8. The Morgan fingerprint density at radius 3 is 2.78 bits per heavy atom. The summed E-state index contributed by atoms with van der Waals surface area (Å²) in [7, 11) is 0. The van der Waals surface area contributed by atoms with Crippen LogP contribution in [0, 0.1) is 12.8 Å². The van der Waals surface area contributed by atoms with Gasteiger partial charge in [0.25, 0.3) is 0 Å². The lowest BCUT2D eigenvalue weighted by Crippen LogP contribution is -2.52. The van der Waals surface area contributed by atoms with Gasteiger partial charge in [-0.3, -0.25) is 4.79 Å². The predicted octanol–water partition coefficient (Wildman–Crippen LogP) is 2.22. The van der Waals surface area contributed by atoms with E-state index < -0.39 is 0 Å². The average Bonchev–Trinajstić information content (AvgIpc) is 2.82. The molecule has 0 spiro atoms. The standard InChI is InChI=1S/C17H30N4O2/c1-5-6-7-14-9-20(10-15(23-14)12(2)3)17(22)11-21-16(18)8-13(4)19-21/h8,12,14-15H,5-7,9-11,18H2,1-4H3/t14-,15-/m1/s1. The fraction of sp³-hybridized carbons (Fsp3) is 0.765. The Bertz CT molecular complexity index is 527. The molecule has 0 aliphatic carbocycles.